The van der Waals surface area contributed by atoms with Crippen LogP contribution in [-0.2, 0) is 6.42 Å². The third-order valence-electron chi connectivity index (χ3n) is 6.91. The van der Waals surface area contributed by atoms with E-state index < -0.39 is 0 Å². The van der Waals surface area contributed by atoms with Gasteiger partial charge in [0.25, 0.3) is 0 Å². The summed E-state index contributed by atoms with van der Waals surface area (Å²) in [6, 6.07) is 21.8. The third kappa shape index (κ3) is 4.12. The Balaban J connectivity index is 1.66. The lowest BCUT2D eigenvalue weighted by Crippen LogP contribution is -2.29. The highest BCUT2D eigenvalue weighted by Crippen LogP contribution is 2.44. The minimum Gasteiger partial charge on any atom is -0.351 e. The fraction of sp³-hybridized carbons (Fsp3) is 0.241. The van der Waals surface area contributed by atoms with Crippen molar-refractivity contribution in [1.29, 1.82) is 0 Å². The van der Waals surface area contributed by atoms with Gasteiger partial charge >= 0.3 is 0 Å². The van der Waals surface area contributed by atoms with E-state index in [-0.39, 0.29) is 17.9 Å². The van der Waals surface area contributed by atoms with Gasteiger partial charge < -0.3 is 14.8 Å². The summed E-state index contributed by atoms with van der Waals surface area (Å²) in [5.74, 6) is -0.224. The normalized spacial score (nSPS) is 17.6. The van der Waals surface area contributed by atoms with E-state index in [1.54, 1.807) is 19.2 Å². The molecule has 1 N–H and O–H groups in total. The third-order valence-corrected chi connectivity index (χ3v) is 7.22. The molecule has 0 radical (unpaired) electrons. The number of nitrogens with zero attached hydrogens (tertiary/aromatic N) is 3. The minimum absolute atomic E-state index is 0.142. The smallest absolute Gasteiger partial charge is 0.174 e. The number of aryl methyl sites for hydroxylation is 3. The van der Waals surface area contributed by atoms with Crippen molar-refractivity contribution in [2.75, 3.05) is 4.90 Å². The van der Waals surface area contributed by atoms with E-state index in [0.29, 0.717) is 10.7 Å². The van der Waals surface area contributed by atoms with E-state index in [9.17, 15) is 4.39 Å². The SMILES string of the molecule is CCc1ccc(-n2c(C)cc(C3C(c4ccccn4)NC(=S)N3c3ccc(F)c(C)c3)c2C)cc1. The van der Waals surface area contributed by atoms with E-state index in [0.717, 1.165) is 40.4 Å². The van der Waals surface area contributed by atoms with Gasteiger partial charge in [-0.3, -0.25) is 4.98 Å². The lowest BCUT2D eigenvalue weighted by Gasteiger charge is -2.28. The number of aromatic nitrogens is 2. The molecule has 1 aliphatic rings. The molecule has 1 fully saturated rings. The Bertz CT molecular complexity index is 1380. The molecule has 0 bridgehead atoms. The molecule has 4 aromatic rings. The number of halogens is 1. The number of benzene rings is 2. The second-order valence-electron chi connectivity index (χ2n) is 9.11. The Morgan fingerprint density at radius 1 is 0.971 bits per heavy atom. The zero-order chi connectivity index (χ0) is 24.7. The van der Waals surface area contributed by atoms with Gasteiger partial charge in [-0.1, -0.05) is 25.1 Å². The molecule has 0 amide bonds. The molecular weight excluding hydrogens is 455 g/mol. The molecule has 35 heavy (non-hydrogen) atoms. The largest absolute Gasteiger partial charge is 0.351 e. The summed E-state index contributed by atoms with van der Waals surface area (Å²) in [6.07, 6.45) is 2.82. The molecule has 0 aliphatic carbocycles. The van der Waals surface area contributed by atoms with Crippen molar-refractivity contribution in [2.45, 2.75) is 46.2 Å². The maximum atomic E-state index is 14.1. The zero-order valence-electron chi connectivity index (χ0n) is 20.4. The van der Waals surface area contributed by atoms with Crippen molar-refractivity contribution < 1.29 is 4.39 Å². The Kier molecular flexibility index (Phi) is 6.15. The van der Waals surface area contributed by atoms with Crippen LogP contribution in [0.3, 0.4) is 0 Å². The first-order valence-electron chi connectivity index (χ1n) is 11.9. The van der Waals surface area contributed by atoms with E-state index >= 15 is 0 Å². The summed E-state index contributed by atoms with van der Waals surface area (Å²) in [6.45, 7) is 8.23. The summed E-state index contributed by atoms with van der Waals surface area (Å²) in [4.78, 5) is 6.76. The molecule has 0 saturated carbocycles. The van der Waals surface area contributed by atoms with E-state index in [1.165, 1.54) is 11.6 Å². The standard InChI is InChI=1S/C29H29FN4S/c1-5-21-9-11-22(12-10-21)33-19(3)17-24(20(33)4)28-27(26-8-6-7-15-31-26)32-29(35)34(28)23-13-14-25(30)18(2)16-23/h6-17,27-28H,5H2,1-4H3,(H,32,35). The number of hydrogen-bond acceptors (Lipinski definition) is 2. The summed E-state index contributed by atoms with van der Waals surface area (Å²) in [7, 11) is 0. The monoisotopic (exact) mass is 484 g/mol. The van der Waals surface area contributed by atoms with Crippen LogP contribution in [0.4, 0.5) is 10.1 Å². The van der Waals surface area contributed by atoms with Gasteiger partial charge in [-0.25, -0.2) is 4.39 Å². The molecule has 2 atom stereocenters. The van der Waals surface area contributed by atoms with Crippen LogP contribution in [-0.4, -0.2) is 14.7 Å². The molecule has 2 aromatic carbocycles. The average molecular weight is 485 g/mol. The van der Waals surface area contributed by atoms with Crippen LogP contribution < -0.4 is 10.2 Å². The molecule has 2 aromatic heterocycles. The van der Waals surface area contributed by atoms with Gasteiger partial charge in [-0.05, 0) is 105 Å². The van der Waals surface area contributed by atoms with Crippen LogP contribution in [0.15, 0.2) is 72.9 Å². The summed E-state index contributed by atoms with van der Waals surface area (Å²) >= 11 is 5.84. The molecule has 5 rings (SSSR count). The summed E-state index contributed by atoms with van der Waals surface area (Å²) in [5, 5.41) is 4.11. The Hall–Kier alpha value is -3.51. The van der Waals surface area contributed by atoms with Crippen LogP contribution in [0.1, 0.15) is 52.8 Å². The molecule has 1 aliphatic heterocycles. The maximum absolute atomic E-state index is 14.1. The highest BCUT2D eigenvalue weighted by Gasteiger charge is 2.42. The maximum Gasteiger partial charge on any atom is 0.174 e. The van der Waals surface area contributed by atoms with Crippen molar-refractivity contribution >= 4 is 23.0 Å². The first-order valence-corrected chi connectivity index (χ1v) is 12.3. The Labute approximate surface area is 211 Å². The first kappa shape index (κ1) is 23.2. The lowest BCUT2D eigenvalue weighted by atomic mass is 9.96. The number of hydrogen-bond donors (Lipinski definition) is 1. The molecule has 2 unspecified atom stereocenters. The Morgan fingerprint density at radius 3 is 2.37 bits per heavy atom. The zero-order valence-corrected chi connectivity index (χ0v) is 21.2. The van der Waals surface area contributed by atoms with Gasteiger partial charge in [-0.15, -0.1) is 0 Å². The van der Waals surface area contributed by atoms with Crippen molar-refractivity contribution in [3.05, 3.63) is 113 Å². The van der Waals surface area contributed by atoms with E-state index in [2.05, 4.69) is 70.9 Å². The van der Waals surface area contributed by atoms with Crippen molar-refractivity contribution in [2.24, 2.45) is 0 Å². The second-order valence-corrected chi connectivity index (χ2v) is 9.50. The molecule has 6 heteroatoms. The quantitative estimate of drug-likeness (QED) is 0.321. The van der Waals surface area contributed by atoms with Crippen LogP contribution in [0.5, 0.6) is 0 Å². The van der Waals surface area contributed by atoms with E-state index in [4.69, 9.17) is 12.2 Å². The highest BCUT2D eigenvalue weighted by atomic mass is 32.1. The molecule has 178 valence electrons. The number of nitrogens with one attached hydrogen (secondary N) is 1. The van der Waals surface area contributed by atoms with Crippen molar-refractivity contribution in [3.8, 4) is 5.69 Å². The van der Waals surface area contributed by atoms with Crippen molar-refractivity contribution in [3.63, 3.8) is 0 Å². The summed E-state index contributed by atoms with van der Waals surface area (Å²) in [5.41, 5.74) is 8.27. The molecule has 1 saturated heterocycles. The predicted octanol–water partition coefficient (Wildman–Crippen LogP) is 6.68. The topological polar surface area (TPSA) is 33.1 Å². The van der Waals surface area contributed by atoms with Gasteiger partial charge in [0.2, 0.25) is 0 Å². The second kappa shape index (κ2) is 9.27. The number of anilines is 1. The van der Waals surface area contributed by atoms with Gasteiger partial charge in [0.1, 0.15) is 5.82 Å². The summed E-state index contributed by atoms with van der Waals surface area (Å²) < 4.78 is 16.4. The molecule has 0 spiro atoms. The lowest BCUT2D eigenvalue weighted by molar-refractivity contribution is 0.564. The van der Waals surface area contributed by atoms with Gasteiger partial charge in [0, 0.05) is 29.0 Å². The molecule has 4 nitrogen and oxygen atoms in total. The van der Waals surface area contributed by atoms with E-state index in [1.807, 2.05) is 24.3 Å². The average Bonchev–Trinajstić information content (AvgIpc) is 3.36. The molecule has 3 heterocycles. The van der Waals surface area contributed by atoms with Gasteiger partial charge in [0.15, 0.2) is 5.11 Å². The fourth-order valence-electron chi connectivity index (χ4n) is 5.09. The van der Waals surface area contributed by atoms with Gasteiger partial charge in [0.05, 0.1) is 17.8 Å². The van der Waals surface area contributed by atoms with Crippen LogP contribution >= 0.6 is 12.2 Å². The minimum atomic E-state index is -0.224. The van der Waals surface area contributed by atoms with Crippen LogP contribution in [0, 0.1) is 26.6 Å². The van der Waals surface area contributed by atoms with Gasteiger partial charge in [-0.2, -0.15) is 0 Å². The highest BCUT2D eigenvalue weighted by molar-refractivity contribution is 7.80. The molecular formula is C29H29FN4S. The first-order chi connectivity index (χ1) is 16.9. The van der Waals surface area contributed by atoms with Crippen LogP contribution in [0.25, 0.3) is 5.69 Å². The number of pyridine rings is 1. The fourth-order valence-corrected chi connectivity index (χ4v) is 5.44. The van der Waals surface area contributed by atoms with Crippen molar-refractivity contribution in [1.82, 2.24) is 14.9 Å². The van der Waals surface area contributed by atoms with Crippen LogP contribution in [0.2, 0.25) is 0 Å². The predicted molar refractivity (Wildman–Crippen MR) is 144 cm³/mol. The number of rotatable bonds is 5. The Morgan fingerprint density at radius 2 is 1.71 bits per heavy atom. The number of thiocarbonyl (C=S) groups is 1.